The van der Waals surface area contributed by atoms with Crippen LogP contribution in [-0.2, 0) is 16.0 Å². The van der Waals surface area contributed by atoms with Crippen molar-refractivity contribution < 1.29 is 9.53 Å². The summed E-state index contributed by atoms with van der Waals surface area (Å²) in [6.45, 7) is 2.69. The summed E-state index contributed by atoms with van der Waals surface area (Å²) in [7, 11) is 1.65. The number of aromatic amines is 1. The molecule has 90 valence electrons. The average molecular weight is 243 g/mol. The Labute approximate surface area is 99.3 Å². The highest BCUT2D eigenvalue weighted by atomic mass is 32.2. The first-order chi connectivity index (χ1) is 7.77. The third-order valence-corrected chi connectivity index (χ3v) is 2.95. The lowest BCUT2D eigenvalue weighted by molar-refractivity contribution is -0.113. The van der Waals surface area contributed by atoms with Crippen molar-refractivity contribution >= 4 is 23.5 Å². The van der Waals surface area contributed by atoms with Crippen molar-refractivity contribution in [1.82, 2.24) is 10.2 Å². The van der Waals surface area contributed by atoms with Gasteiger partial charge in [-0.15, -0.1) is 11.8 Å². The van der Waals surface area contributed by atoms with Crippen molar-refractivity contribution in [3.63, 3.8) is 0 Å². The molecule has 1 heterocycles. The molecule has 0 aromatic carbocycles. The predicted octanol–water partition coefficient (Wildman–Crippen LogP) is 1.29. The fraction of sp³-hybridized carbons (Fsp3) is 0.600. The zero-order valence-corrected chi connectivity index (χ0v) is 10.4. The van der Waals surface area contributed by atoms with Gasteiger partial charge in [-0.05, 0) is 6.42 Å². The molecule has 16 heavy (non-hydrogen) atoms. The van der Waals surface area contributed by atoms with E-state index >= 15 is 0 Å². The average Bonchev–Trinajstić information content (AvgIpc) is 2.71. The number of hydrogen-bond donors (Lipinski definition) is 2. The van der Waals surface area contributed by atoms with E-state index in [0.29, 0.717) is 18.2 Å². The van der Waals surface area contributed by atoms with Gasteiger partial charge in [0.2, 0.25) is 5.91 Å². The fourth-order valence-corrected chi connectivity index (χ4v) is 1.86. The minimum absolute atomic E-state index is 0.0138. The van der Waals surface area contributed by atoms with E-state index in [2.05, 4.69) is 15.5 Å². The second kappa shape index (κ2) is 7.29. The number of nitrogens with one attached hydrogen (secondary N) is 2. The van der Waals surface area contributed by atoms with Crippen LogP contribution in [0.1, 0.15) is 12.5 Å². The van der Waals surface area contributed by atoms with Gasteiger partial charge >= 0.3 is 0 Å². The standard InChI is InChI=1S/C10H17N3O2S/c1-3-8-6-11-13-10(8)12-9(14)7-16-5-4-15-2/h6H,3-5,7H2,1-2H3,(H2,11,12,13,14). The van der Waals surface area contributed by atoms with E-state index in [-0.39, 0.29) is 5.91 Å². The molecule has 1 aromatic rings. The molecule has 0 aliphatic rings. The number of rotatable bonds is 7. The topological polar surface area (TPSA) is 67.0 Å². The van der Waals surface area contributed by atoms with Crippen LogP contribution in [0.4, 0.5) is 5.82 Å². The monoisotopic (exact) mass is 243 g/mol. The lowest BCUT2D eigenvalue weighted by Crippen LogP contribution is -2.16. The number of anilines is 1. The molecule has 0 fully saturated rings. The van der Waals surface area contributed by atoms with Gasteiger partial charge in [0.25, 0.3) is 0 Å². The van der Waals surface area contributed by atoms with E-state index in [4.69, 9.17) is 4.74 Å². The van der Waals surface area contributed by atoms with Crippen LogP contribution in [-0.4, -0.2) is 41.3 Å². The summed E-state index contributed by atoms with van der Waals surface area (Å²) >= 11 is 1.55. The van der Waals surface area contributed by atoms with Crippen molar-refractivity contribution in [2.75, 3.05) is 30.5 Å². The summed E-state index contributed by atoms with van der Waals surface area (Å²) in [5.41, 5.74) is 1.02. The number of aromatic nitrogens is 2. The first-order valence-corrected chi connectivity index (χ1v) is 6.32. The largest absolute Gasteiger partial charge is 0.384 e. The molecule has 0 unspecified atom stereocenters. The summed E-state index contributed by atoms with van der Waals surface area (Å²) in [5, 5.41) is 9.46. The highest BCUT2D eigenvalue weighted by molar-refractivity contribution is 7.99. The molecule has 2 N–H and O–H groups in total. The summed E-state index contributed by atoms with van der Waals surface area (Å²) in [5.74, 6) is 1.96. The molecule has 0 spiro atoms. The Bertz CT molecular complexity index is 328. The maximum Gasteiger partial charge on any atom is 0.235 e. The molecule has 0 atom stereocenters. The molecule has 1 amide bonds. The molecule has 0 radical (unpaired) electrons. The molecule has 0 aliphatic heterocycles. The summed E-state index contributed by atoms with van der Waals surface area (Å²) in [6.07, 6.45) is 2.58. The van der Waals surface area contributed by atoms with Gasteiger partial charge in [-0.25, -0.2) is 0 Å². The smallest absolute Gasteiger partial charge is 0.235 e. The van der Waals surface area contributed by atoms with Gasteiger partial charge in [-0.3, -0.25) is 9.89 Å². The lowest BCUT2D eigenvalue weighted by Gasteiger charge is -2.04. The van der Waals surface area contributed by atoms with E-state index in [0.717, 1.165) is 17.7 Å². The van der Waals surface area contributed by atoms with Crippen molar-refractivity contribution in [1.29, 1.82) is 0 Å². The number of methoxy groups -OCH3 is 1. The second-order valence-corrected chi connectivity index (χ2v) is 4.32. The molecule has 1 aromatic heterocycles. The minimum Gasteiger partial charge on any atom is -0.384 e. The zero-order chi connectivity index (χ0) is 11.8. The molecule has 0 aliphatic carbocycles. The fourth-order valence-electron chi connectivity index (χ4n) is 1.17. The van der Waals surface area contributed by atoms with Crippen LogP contribution in [0, 0.1) is 0 Å². The van der Waals surface area contributed by atoms with Crippen LogP contribution in [0.25, 0.3) is 0 Å². The number of aryl methyl sites for hydroxylation is 1. The number of H-pyrrole nitrogens is 1. The number of carbonyl (C=O) groups is 1. The maximum absolute atomic E-state index is 11.5. The van der Waals surface area contributed by atoms with E-state index in [1.807, 2.05) is 6.92 Å². The molecule has 0 saturated carbocycles. The molecule has 1 rings (SSSR count). The molecule has 0 saturated heterocycles. The SMILES string of the molecule is CCc1cn[nH]c1NC(=O)CSCCOC. The first kappa shape index (κ1) is 13.1. The normalized spacial score (nSPS) is 10.4. The van der Waals surface area contributed by atoms with Crippen molar-refractivity contribution in [3.05, 3.63) is 11.8 Å². The van der Waals surface area contributed by atoms with Gasteiger partial charge in [-0.1, -0.05) is 6.92 Å². The summed E-state index contributed by atoms with van der Waals surface area (Å²) < 4.78 is 4.90. The van der Waals surface area contributed by atoms with Gasteiger partial charge in [0.05, 0.1) is 18.6 Å². The first-order valence-electron chi connectivity index (χ1n) is 5.16. The van der Waals surface area contributed by atoms with Gasteiger partial charge in [0.1, 0.15) is 5.82 Å². The maximum atomic E-state index is 11.5. The third-order valence-electron chi connectivity index (χ3n) is 2.03. The van der Waals surface area contributed by atoms with Crippen molar-refractivity contribution in [3.8, 4) is 0 Å². The molecule has 6 heteroatoms. The van der Waals surface area contributed by atoms with Crippen molar-refractivity contribution in [2.45, 2.75) is 13.3 Å². The highest BCUT2D eigenvalue weighted by Gasteiger charge is 2.07. The summed E-state index contributed by atoms with van der Waals surface area (Å²) in [6, 6.07) is 0. The number of thioether (sulfide) groups is 1. The highest BCUT2D eigenvalue weighted by Crippen LogP contribution is 2.11. The van der Waals surface area contributed by atoms with E-state index in [9.17, 15) is 4.79 Å². The Morgan fingerprint density at radius 1 is 1.69 bits per heavy atom. The van der Waals surface area contributed by atoms with Crippen LogP contribution in [0.15, 0.2) is 6.20 Å². The zero-order valence-electron chi connectivity index (χ0n) is 9.58. The third kappa shape index (κ3) is 4.24. The number of hydrogen-bond acceptors (Lipinski definition) is 4. The van der Waals surface area contributed by atoms with Crippen LogP contribution < -0.4 is 5.32 Å². The van der Waals surface area contributed by atoms with Gasteiger partial charge in [0.15, 0.2) is 0 Å². The van der Waals surface area contributed by atoms with Crippen LogP contribution >= 0.6 is 11.8 Å². The van der Waals surface area contributed by atoms with Crippen LogP contribution in [0.5, 0.6) is 0 Å². The minimum atomic E-state index is -0.0138. The number of amides is 1. The Morgan fingerprint density at radius 2 is 2.50 bits per heavy atom. The Kier molecular flexibility index (Phi) is 5.95. The molecule has 0 bridgehead atoms. The Balaban J connectivity index is 2.28. The second-order valence-electron chi connectivity index (χ2n) is 3.22. The number of nitrogens with zero attached hydrogens (tertiary/aromatic N) is 1. The number of carbonyl (C=O) groups excluding carboxylic acids is 1. The van der Waals surface area contributed by atoms with Gasteiger partial charge < -0.3 is 10.1 Å². The van der Waals surface area contributed by atoms with E-state index in [1.54, 1.807) is 25.1 Å². The summed E-state index contributed by atoms with van der Waals surface area (Å²) in [4.78, 5) is 11.5. The molecular weight excluding hydrogens is 226 g/mol. The van der Waals surface area contributed by atoms with E-state index < -0.39 is 0 Å². The Hall–Kier alpha value is -1.01. The molecular formula is C10H17N3O2S. The van der Waals surface area contributed by atoms with Gasteiger partial charge in [0, 0.05) is 18.4 Å². The van der Waals surface area contributed by atoms with E-state index in [1.165, 1.54) is 0 Å². The van der Waals surface area contributed by atoms with Crippen LogP contribution in [0.3, 0.4) is 0 Å². The lowest BCUT2D eigenvalue weighted by atomic mass is 10.2. The van der Waals surface area contributed by atoms with Crippen LogP contribution in [0.2, 0.25) is 0 Å². The number of ether oxygens (including phenoxy) is 1. The Morgan fingerprint density at radius 3 is 3.19 bits per heavy atom. The molecule has 5 nitrogen and oxygen atoms in total. The predicted molar refractivity (Wildman–Crippen MR) is 65.8 cm³/mol. The quantitative estimate of drug-likeness (QED) is 0.708. The van der Waals surface area contributed by atoms with Crippen molar-refractivity contribution in [2.24, 2.45) is 0 Å². The van der Waals surface area contributed by atoms with Gasteiger partial charge in [-0.2, -0.15) is 5.10 Å².